The molecule has 1 aliphatic rings. The van der Waals surface area contributed by atoms with E-state index in [2.05, 4.69) is 20.4 Å². The Balaban J connectivity index is 2.67. The zero-order valence-electron chi connectivity index (χ0n) is 9.60. The van der Waals surface area contributed by atoms with Crippen LogP contribution in [0, 0.1) is 0 Å². The average Bonchev–Trinajstić information content (AvgIpc) is 2.38. The molecule has 1 heteroatoms. The van der Waals surface area contributed by atoms with E-state index in [1.807, 2.05) is 18.2 Å². The van der Waals surface area contributed by atoms with Crippen LogP contribution in [0.5, 0.6) is 0 Å². The molecule has 1 atom stereocenters. The van der Waals surface area contributed by atoms with Gasteiger partial charge in [-0.25, -0.2) is 4.39 Å². The van der Waals surface area contributed by atoms with Gasteiger partial charge in [0.2, 0.25) is 0 Å². The number of rotatable bonds is 1. The normalized spacial score (nSPS) is 24.7. The predicted octanol–water partition coefficient (Wildman–Crippen LogP) is 4.11. The molecule has 0 saturated carbocycles. The summed E-state index contributed by atoms with van der Waals surface area (Å²) >= 11 is 0. The van der Waals surface area contributed by atoms with Crippen molar-refractivity contribution in [1.82, 2.24) is 0 Å². The minimum Gasteiger partial charge on any atom is -0.234 e. The summed E-state index contributed by atoms with van der Waals surface area (Å²) in [6.45, 7) is 9.69. The van der Waals surface area contributed by atoms with Crippen molar-refractivity contribution >= 4 is 0 Å². The molecule has 1 aromatic carbocycles. The van der Waals surface area contributed by atoms with Gasteiger partial charge in [0.05, 0.1) is 0 Å². The van der Waals surface area contributed by atoms with Gasteiger partial charge in [-0.05, 0) is 41.5 Å². The standard InChI is InChI=1S/C14H17F/c1-9(2)12-7-5-6-11-8-10(3)14(4,15)13(11)12/h5-7,9H,3,8H2,1-2,4H3. The lowest BCUT2D eigenvalue weighted by Crippen LogP contribution is -2.15. The quantitative estimate of drug-likeness (QED) is 0.604. The first kappa shape index (κ1) is 10.4. The third kappa shape index (κ3) is 1.41. The Labute approximate surface area is 90.8 Å². The van der Waals surface area contributed by atoms with Crippen molar-refractivity contribution in [1.29, 1.82) is 0 Å². The first-order valence-electron chi connectivity index (χ1n) is 5.44. The van der Waals surface area contributed by atoms with E-state index in [4.69, 9.17) is 0 Å². The molecule has 0 radical (unpaired) electrons. The summed E-state index contributed by atoms with van der Waals surface area (Å²) in [4.78, 5) is 0. The van der Waals surface area contributed by atoms with Crippen LogP contribution >= 0.6 is 0 Å². The molecule has 0 heterocycles. The minimum absolute atomic E-state index is 0.362. The summed E-state index contributed by atoms with van der Waals surface area (Å²) in [5.74, 6) is 0.362. The maximum absolute atomic E-state index is 14.5. The molecule has 0 fully saturated rings. The third-order valence-electron chi connectivity index (χ3n) is 3.34. The molecule has 0 N–H and O–H groups in total. The van der Waals surface area contributed by atoms with Crippen LogP contribution in [-0.4, -0.2) is 0 Å². The van der Waals surface area contributed by atoms with E-state index in [0.29, 0.717) is 17.9 Å². The van der Waals surface area contributed by atoms with Crippen molar-refractivity contribution in [2.75, 3.05) is 0 Å². The Morgan fingerprint density at radius 3 is 2.67 bits per heavy atom. The number of halogens is 1. The molecule has 0 spiro atoms. The molecule has 0 nitrogen and oxygen atoms in total. The summed E-state index contributed by atoms with van der Waals surface area (Å²) in [5.41, 5.74) is 2.44. The topological polar surface area (TPSA) is 0 Å². The highest BCUT2D eigenvalue weighted by atomic mass is 19.1. The summed E-state index contributed by atoms with van der Waals surface area (Å²) in [5, 5.41) is 0. The first-order valence-corrected chi connectivity index (χ1v) is 5.44. The van der Waals surface area contributed by atoms with E-state index in [-0.39, 0.29) is 0 Å². The van der Waals surface area contributed by atoms with Crippen molar-refractivity contribution in [3.8, 4) is 0 Å². The Morgan fingerprint density at radius 2 is 2.07 bits per heavy atom. The van der Waals surface area contributed by atoms with Gasteiger partial charge >= 0.3 is 0 Å². The molecular weight excluding hydrogens is 187 g/mol. The number of hydrogen-bond acceptors (Lipinski definition) is 0. The number of alkyl halides is 1. The van der Waals surface area contributed by atoms with Gasteiger partial charge in [-0.1, -0.05) is 38.6 Å². The van der Waals surface area contributed by atoms with Crippen LogP contribution in [-0.2, 0) is 12.1 Å². The van der Waals surface area contributed by atoms with Crippen LogP contribution in [0.4, 0.5) is 4.39 Å². The summed E-state index contributed by atoms with van der Waals surface area (Å²) < 4.78 is 14.5. The van der Waals surface area contributed by atoms with Crippen LogP contribution in [0.2, 0.25) is 0 Å². The Morgan fingerprint density at radius 1 is 1.40 bits per heavy atom. The number of allylic oxidation sites excluding steroid dienone is 1. The van der Waals surface area contributed by atoms with E-state index < -0.39 is 5.67 Å². The minimum atomic E-state index is -1.34. The number of fused-ring (bicyclic) bond motifs is 1. The lowest BCUT2D eigenvalue weighted by molar-refractivity contribution is 0.251. The molecule has 0 bridgehead atoms. The molecule has 1 unspecified atom stereocenters. The van der Waals surface area contributed by atoms with E-state index in [1.165, 1.54) is 0 Å². The Kier molecular flexibility index (Phi) is 2.22. The predicted molar refractivity (Wildman–Crippen MR) is 61.8 cm³/mol. The zero-order valence-corrected chi connectivity index (χ0v) is 9.60. The Bertz CT molecular complexity index is 413. The highest BCUT2D eigenvalue weighted by molar-refractivity contribution is 5.52. The summed E-state index contributed by atoms with van der Waals surface area (Å²) in [6.07, 6.45) is 0.683. The van der Waals surface area contributed by atoms with E-state index in [9.17, 15) is 4.39 Å². The van der Waals surface area contributed by atoms with Crippen molar-refractivity contribution in [2.24, 2.45) is 0 Å². The van der Waals surface area contributed by atoms with E-state index >= 15 is 0 Å². The van der Waals surface area contributed by atoms with Crippen molar-refractivity contribution in [3.63, 3.8) is 0 Å². The van der Waals surface area contributed by atoms with E-state index in [0.717, 1.165) is 16.7 Å². The molecule has 1 aliphatic carbocycles. The summed E-state index contributed by atoms with van der Waals surface area (Å²) in [6, 6.07) is 6.06. The largest absolute Gasteiger partial charge is 0.234 e. The average molecular weight is 204 g/mol. The van der Waals surface area contributed by atoms with Gasteiger partial charge in [0, 0.05) is 0 Å². The molecule has 0 aliphatic heterocycles. The van der Waals surface area contributed by atoms with Gasteiger partial charge in [0.25, 0.3) is 0 Å². The SMILES string of the molecule is C=C1Cc2cccc(C(C)C)c2C1(C)F. The van der Waals surface area contributed by atoms with Crippen LogP contribution in [0.1, 0.15) is 43.4 Å². The molecule has 0 amide bonds. The van der Waals surface area contributed by atoms with Crippen molar-refractivity contribution < 1.29 is 4.39 Å². The second-order valence-electron chi connectivity index (χ2n) is 4.82. The zero-order chi connectivity index (χ0) is 11.2. The lowest BCUT2D eigenvalue weighted by atomic mass is 9.88. The van der Waals surface area contributed by atoms with Gasteiger partial charge in [-0.3, -0.25) is 0 Å². The fourth-order valence-corrected chi connectivity index (χ4v) is 2.39. The molecule has 0 aromatic heterocycles. The fourth-order valence-electron chi connectivity index (χ4n) is 2.39. The van der Waals surface area contributed by atoms with Crippen LogP contribution in [0.15, 0.2) is 30.4 Å². The molecule has 80 valence electrons. The molecule has 15 heavy (non-hydrogen) atoms. The Hall–Kier alpha value is -1.11. The fraction of sp³-hybridized carbons (Fsp3) is 0.429. The third-order valence-corrected chi connectivity index (χ3v) is 3.34. The number of benzene rings is 1. The monoisotopic (exact) mass is 204 g/mol. The van der Waals surface area contributed by atoms with Crippen LogP contribution in [0.25, 0.3) is 0 Å². The maximum atomic E-state index is 14.5. The van der Waals surface area contributed by atoms with Gasteiger partial charge < -0.3 is 0 Å². The van der Waals surface area contributed by atoms with Gasteiger partial charge in [0.15, 0.2) is 5.67 Å². The molecular formula is C14H17F. The smallest absolute Gasteiger partial charge is 0.154 e. The van der Waals surface area contributed by atoms with Gasteiger partial charge in [0.1, 0.15) is 0 Å². The second-order valence-corrected chi connectivity index (χ2v) is 4.82. The maximum Gasteiger partial charge on any atom is 0.154 e. The number of hydrogen-bond donors (Lipinski definition) is 0. The molecule has 1 aromatic rings. The highest BCUT2D eigenvalue weighted by Crippen LogP contribution is 2.46. The summed E-state index contributed by atoms with van der Waals surface area (Å²) in [7, 11) is 0. The van der Waals surface area contributed by atoms with Gasteiger partial charge in [-0.2, -0.15) is 0 Å². The first-order chi connectivity index (χ1) is 6.94. The van der Waals surface area contributed by atoms with Crippen molar-refractivity contribution in [3.05, 3.63) is 47.0 Å². The molecule has 0 saturated heterocycles. The second kappa shape index (κ2) is 3.19. The van der Waals surface area contributed by atoms with Crippen LogP contribution < -0.4 is 0 Å². The molecule has 2 rings (SSSR count). The lowest BCUT2D eigenvalue weighted by Gasteiger charge is -2.21. The van der Waals surface area contributed by atoms with Gasteiger partial charge in [-0.15, -0.1) is 0 Å². The van der Waals surface area contributed by atoms with Crippen LogP contribution in [0.3, 0.4) is 0 Å². The van der Waals surface area contributed by atoms with Crippen molar-refractivity contribution in [2.45, 2.75) is 38.8 Å². The van der Waals surface area contributed by atoms with E-state index in [1.54, 1.807) is 6.92 Å². The highest BCUT2D eigenvalue weighted by Gasteiger charge is 2.39.